The highest BCUT2D eigenvalue weighted by Gasteiger charge is 2.39. The molecule has 9 N–H and O–H groups in total. The molecule has 2 aliphatic rings. The standard InChI is InChI=1S/C42H33F9N4O7/c1-11(2)19-15-7-13(5)21(38(58)23(15)17(36(56)40(19)60)9-52-54-34-30(48)26(44)25(43)27(45)31(34)49)22-14(6)8-16-20(12(3)4)41(61)37(57)18(24(16)39(22)59)10-53-55-35-32(50)28(46)29(47)33(51)42(35)62/h7-12,52-55,58-62H,1-6H3/b17-9-,18-10-. The molecule has 0 aromatic heterocycles. The molecule has 0 fully saturated rings. The van der Waals surface area contributed by atoms with E-state index < -0.39 is 127 Å². The summed E-state index contributed by atoms with van der Waals surface area (Å²) >= 11 is 0. The Hall–Kier alpha value is -7.25. The molecule has 0 saturated carbocycles. The third-order valence-electron chi connectivity index (χ3n) is 10.2. The van der Waals surface area contributed by atoms with Crippen molar-refractivity contribution < 1.29 is 74.6 Å². The van der Waals surface area contributed by atoms with Gasteiger partial charge in [0.1, 0.15) is 22.9 Å². The van der Waals surface area contributed by atoms with E-state index in [9.17, 15) is 74.6 Å². The number of carbonyl (C=O) groups is 2. The number of allylic oxidation sites excluding steroid dienone is 4. The van der Waals surface area contributed by atoms with Crippen molar-refractivity contribution in [1.29, 1.82) is 0 Å². The lowest BCUT2D eigenvalue weighted by Gasteiger charge is -2.29. The number of fused-ring (bicyclic) bond motifs is 2. The first kappa shape index (κ1) is 44.3. The smallest absolute Gasteiger partial charge is 0.229 e. The van der Waals surface area contributed by atoms with Crippen molar-refractivity contribution in [3.8, 4) is 28.4 Å². The molecule has 0 radical (unpaired) electrons. The van der Waals surface area contributed by atoms with Crippen LogP contribution in [0, 0.1) is 78.0 Å². The maximum atomic E-state index is 14.5. The quantitative estimate of drug-likeness (QED) is 0.0195. The normalized spacial score (nSPS) is 15.3. The van der Waals surface area contributed by atoms with Crippen molar-refractivity contribution in [1.82, 2.24) is 10.9 Å². The van der Waals surface area contributed by atoms with Gasteiger partial charge in [-0.05, 0) is 47.9 Å². The average Bonchev–Trinajstić information content (AvgIpc) is 3.21. The van der Waals surface area contributed by atoms with E-state index in [0.717, 1.165) is 6.20 Å². The number of ketones is 2. The van der Waals surface area contributed by atoms with Gasteiger partial charge in [-0.15, -0.1) is 0 Å². The molecule has 0 amide bonds. The fourth-order valence-electron chi connectivity index (χ4n) is 7.44. The number of aryl methyl sites for hydroxylation is 2. The Labute approximate surface area is 344 Å². The number of aliphatic hydroxyl groups excluding tert-OH is 2. The highest BCUT2D eigenvalue weighted by Crippen LogP contribution is 2.53. The van der Waals surface area contributed by atoms with E-state index in [0.29, 0.717) is 6.20 Å². The molecule has 4 aromatic carbocycles. The van der Waals surface area contributed by atoms with Crippen molar-refractivity contribution in [3.63, 3.8) is 0 Å². The molecule has 0 heterocycles. The molecule has 62 heavy (non-hydrogen) atoms. The van der Waals surface area contributed by atoms with E-state index in [1.807, 2.05) is 5.43 Å². The topological polar surface area (TPSA) is 183 Å². The van der Waals surface area contributed by atoms with Crippen LogP contribution < -0.4 is 21.7 Å². The number of nitrogens with one attached hydrogen (secondary N) is 4. The predicted molar refractivity (Wildman–Crippen MR) is 207 cm³/mol. The van der Waals surface area contributed by atoms with Gasteiger partial charge in [-0.2, -0.15) is 4.39 Å². The summed E-state index contributed by atoms with van der Waals surface area (Å²) in [6.07, 6.45) is 1.39. The van der Waals surface area contributed by atoms with Crippen LogP contribution in [0.15, 0.2) is 36.1 Å². The fraction of sp³-hybridized carbons (Fsp3) is 0.190. The first-order valence-electron chi connectivity index (χ1n) is 18.2. The zero-order valence-electron chi connectivity index (χ0n) is 32.9. The summed E-state index contributed by atoms with van der Waals surface area (Å²) in [4.78, 5) is 27.5. The minimum atomic E-state index is -2.44. The predicted octanol–water partition coefficient (Wildman–Crippen LogP) is 9.27. The van der Waals surface area contributed by atoms with Crippen LogP contribution in [0.25, 0.3) is 33.4 Å². The van der Waals surface area contributed by atoms with Gasteiger partial charge in [-0.1, -0.05) is 39.8 Å². The Kier molecular flexibility index (Phi) is 11.4. The van der Waals surface area contributed by atoms with Crippen LogP contribution in [-0.4, -0.2) is 37.1 Å². The van der Waals surface area contributed by atoms with Crippen molar-refractivity contribution in [3.05, 3.63) is 122 Å². The lowest BCUT2D eigenvalue weighted by Crippen LogP contribution is -2.24. The van der Waals surface area contributed by atoms with E-state index in [1.165, 1.54) is 26.0 Å². The number of rotatable bonds is 9. The first-order chi connectivity index (χ1) is 29.0. The van der Waals surface area contributed by atoms with Crippen molar-refractivity contribution in [2.45, 2.75) is 41.5 Å². The molecule has 0 atom stereocenters. The minimum Gasteiger partial charge on any atom is -0.507 e. The van der Waals surface area contributed by atoms with Gasteiger partial charge in [0.15, 0.2) is 52.2 Å². The number of hydrogen-bond acceptors (Lipinski definition) is 11. The molecule has 0 spiro atoms. The van der Waals surface area contributed by atoms with E-state index >= 15 is 0 Å². The number of carbonyl (C=O) groups excluding carboxylic acids is 2. The minimum absolute atomic E-state index is 0.0196. The van der Waals surface area contributed by atoms with Crippen LogP contribution in [0.3, 0.4) is 0 Å². The number of aliphatic hydroxyl groups is 2. The lowest BCUT2D eigenvalue weighted by molar-refractivity contribution is -0.113. The number of benzene rings is 4. The van der Waals surface area contributed by atoms with Gasteiger partial charge in [0.2, 0.25) is 29.0 Å². The Balaban J connectivity index is 1.56. The molecule has 2 aliphatic carbocycles. The highest BCUT2D eigenvalue weighted by atomic mass is 19.2. The molecule has 6 rings (SSSR count). The van der Waals surface area contributed by atoms with Gasteiger partial charge < -0.3 is 36.4 Å². The number of anilines is 2. The lowest BCUT2D eigenvalue weighted by atomic mass is 9.75. The van der Waals surface area contributed by atoms with Crippen LogP contribution in [0.5, 0.6) is 17.2 Å². The molecular weight excluding hydrogens is 843 g/mol. The maximum Gasteiger partial charge on any atom is 0.229 e. The Morgan fingerprint density at radius 2 is 0.790 bits per heavy atom. The molecule has 4 aromatic rings. The maximum absolute atomic E-state index is 14.5. The fourth-order valence-corrected chi connectivity index (χ4v) is 7.44. The number of phenolic OH excluding ortho intramolecular Hbond substituents is 3. The largest absolute Gasteiger partial charge is 0.507 e. The van der Waals surface area contributed by atoms with E-state index in [4.69, 9.17) is 0 Å². The molecule has 326 valence electrons. The molecule has 0 aliphatic heterocycles. The van der Waals surface area contributed by atoms with Crippen LogP contribution in [0.1, 0.15) is 61.1 Å². The third kappa shape index (κ3) is 6.74. The molecule has 20 heteroatoms. The number of hydrogen-bond donors (Lipinski definition) is 9. The van der Waals surface area contributed by atoms with E-state index in [-0.39, 0.29) is 55.7 Å². The zero-order chi connectivity index (χ0) is 46.1. The number of phenols is 3. The Morgan fingerprint density at radius 1 is 0.468 bits per heavy atom. The average molecular weight is 877 g/mol. The summed E-state index contributed by atoms with van der Waals surface area (Å²) in [6, 6.07) is 2.83. The summed E-state index contributed by atoms with van der Waals surface area (Å²) in [5.41, 5.74) is 3.20. The number of halogens is 9. The van der Waals surface area contributed by atoms with Gasteiger partial charge in [0, 0.05) is 45.8 Å². The number of hydrazine groups is 2. The van der Waals surface area contributed by atoms with Gasteiger partial charge >= 0.3 is 0 Å². The van der Waals surface area contributed by atoms with E-state index in [1.54, 1.807) is 33.1 Å². The highest BCUT2D eigenvalue weighted by molar-refractivity contribution is 6.35. The van der Waals surface area contributed by atoms with Gasteiger partial charge in [0.05, 0.1) is 11.1 Å². The third-order valence-corrected chi connectivity index (χ3v) is 10.2. The van der Waals surface area contributed by atoms with Crippen LogP contribution in [-0.2, 0) is 9.59 Å². The van der Waals surface area contributed by atoms with E-state index in [2.05, 4.69) is 10.9 Å². The van der Waals surface area contributed by atoms with Crippen molar-refractivity contribution in [2.75, 3.05) is 10.9 Å². The summed E-state index contributed by atoms with van der Waals surface area (Å²) in [5.74, 6) is -28.7. The van der Waals surface area contributed by atoms with Crippen molar-refractivity contribution >= 4 is 45.2 Å². The second-order valence-corrected chi connectivity index (χ2v) is 14.8. The number of aromatic hydroxyl groups is 3. The van der Waals surface area contributed by atoms with Gasteiger partial charge in [0.25, 0.3) is 0 Å². The van der Waals surface area contributed by atoms with Gasteiger partial charge in [-0.3, -0.25) is 20.4 Å². The molecule has 0 bridgehead atoms. The monoisotopic (exact) mass is 876 g/mol. The Bertz CT molecular complexity index is 2570. The summed E-state index contributed by atoms with van der Waals surface area (Å²) < 4.78 is 127. The van der Waals surface area contributed by atoms with Crippen LogP contribution in [0.4, 0.5) is 50.9 Å². The molecule has 11 nitrogen and oxygen atoms in total. The van der Waals surface area contributed by atoms with Crippen LogP contribution in [0.2, 0.25) is 0 Å². The number of Topliss-reactive ketones (excluding diaryl/α,β-unsaturated/α-hetero) is 2. The second kappa shape index (κ2) is 16.0. The summed E-state index contributed by atoms with van der Waals surface area (Å²) in [7, 11) is 0. The molecule has 0 saturated heterocycles. The summed E-state index contributed by atoms with van der Waals surface area (Å²) in [5, 5.41) is 56.5. The Morgan fingerprint density at radius 3 is 1.16 bits per heavy atom. The zero-order valence-corrected chi connectivity index (χ0v) is 32.9. The summed E-state index contributed by atoms with van der Waals surface area (Å²) in [6.45, 7) is 9.34. The SMILES string of the molecule is Cc1cc2c(c(O)c1-c1c(C)cc3c(c1O)/C(=C/NNc1c(F)c(F)c(F)c(F)c1F)C(=O)C(O)=C3C(C)C)/C(=C/NNc1c(O)c(F)c(F)c(F)c1F)C(=O)C(O)=C2C(C)C. The molecule has 0 unspecified atom stereocenters. The second-order valence-electron chi connectivity index (χ2n) is 14.8. The first-order valence-corrected chi connectivity index (χ1v) is 18.2. The van der Waals surface area contributed by atoms with Gasteiger partial charge in [-0.25, -0.2) is 35.1 Å². The molecular formula is C42H33F9N4O7. The van der Waals surface area contributed by atoms with Crippen molar-refractivity contribution in [2.24, 2.45) is 11.8 Å². The van der Waals surface area contributed by atoms with Crippen LogP contribution >= 0.6 is 0 Å².